The molecule has 0 saturated heterocycles. The minimum atomic E-state index is -1.50. The minimum Gasteiger partial charge on any atom is -0.481 e. The zero-order chi connectivity index (χ0) is 22.7. The second-order valence-electron chi connectivity index (χ2n) is 6.31. The molecule has 3 unspecified atom stereocenters. The number of aliphatic carboxylic acids is 2. The van der Waals surface area contributed by atoms with Crippen LogP contribution in [0.2, 0.25) is 0 Å². The van der Waals surface area contributed by atoms with E-state index in [-0.39, 0.29) is 6.42 Å². The van der Waals surface area contributed by atoms with Gasteiger partial charge in [-0.25, -0.2) is 0 Å². The molecule has 0 radical (unpaired) electrons. The number of carboxylic acid groups (broad SMARTS) is 2. The van der Waals surface area contributed by atoms with Crippen molar-refractivity contribution < 1.29 is 39.3 Å². The van der Waals surface area contributed by atoms with Gasteiger partial charge in [0.05, 0.1) is 19.1 Å². The maximum absolute atomic E-state index is 12.5. The number of hydrogen-bond donors (Lipinski definition) is 7. The minimum absolute atomic E-state index is 0.0165. The molecule has 0 heterocycles. The molecule has 0 aromatic heterocycles. The number of hydrogen-bond acceptors (Lipinski definition) is 7. The predicted molar refractivity (Wildman–Crippen MR) is 102 cm³/mol. The van der Waals surface area contributed by atoms with Crippen LogP contribution in [0.1, 0.15) is 12.0 Å². The van der Waals surface area contributed by atoms with Crippen molar-refractivity contribution in [2.75, 3.05) is 13.2 Å². The summed E-state index contributed by atoms with van der Waals surface area (Å²) in [7, 11) is 0. The Morgan fingerprint density at radius 2 is 1.47 bits per heavy atom. The lowest BCUT2D eigenvalue weighted by molar-refractivity contribution is -0.140. The fraction of sp³-hybridized carbons (Fsp3) is 0.389. The summed E-state index contributed by atoms with van der Waals surface area (Å²) in [4.78, 5) is 58.0. The van der Waals surface area contributed by atoms with E-state index >= 15 is 0 Å². The number of aliphatic hydroxyl groups is 1. The highest BCUT2D eigenvalue weighted by atomic mass is 16.4. The predicted octanol–water partition coefficient (Wildman–Crippen LogP) is -2.81. The largest absolute Gasteiger partial charge is 0.481 e. The highest BCUT2D eigenvalue weighted by molar-refractivity contribution is 5.94. The Balaban J connectivity index is 2.86. The van der Waals surface area contributed by atoms with Gasteiger partial charge >= 0.3 is 11.9 Å². The highest BCUT2D eigenvalue weighted by Crippen LogP contribution is 2.04. The fourth-order valence-electron chi connectivity index (χ4n) is 2.37. The SMILES string of the molecule is NC(CC(=O)O)C(=O)NC(CO)C(=O)NC(Cc1ccccc1)C(=O)NCC(=O)O. The summed E-state index contributed by atoms with van der Waals surface area (Å²) in [6, 6.07) is 4.43. The van der Waals surface area contributed by atoms with Crippen LogP contribution in [0.5, 0.6) is 0 Å². The number of carboxylic acids is 2. The van der Waals surface area contributed by atoms with Gasteiger partial charge in [0.1, 0.15) is 18.6 Å². The lowest BCUT2D eigenvalue weighted by atomic mass is 10.0. The summed E-state index contributed by atoms with van der Waals surface area (Å²) in [5, 5.41) is 33.4. The molecule has 1 rings (SSSR count). The fourth-order valence-corrected chi connectivity index (χ4v) is 2.37. The van der Waals surface area contributed by atoms with Crippen LogP contribution >= 0.6 is 0 Å². The number of aliphatic hydroxyl groups excluding tert-OH is 1. The van der Waals surface area contributed by atoms with E-state index in [4.69, 9.17) is 15.9 Å². The molecule has 0 saturated carbocycles. The van der Waals surface area contributed by atoms with Gasteiger partial charge in [-0.15, -0.1) is 0 Å². The first-order chi connectivity index (χ1) is 14.1. The topological polar surface area (TPSA) is 208 Å². The molecule has 3 amide bonds. The van der Waals surface area contributed by atoms with E-state index < -0.39 is 67.4 Å². The molecule has 164 valence electrons. The summed E-state index contributed by atoms with van der Waals surface area (Å²) in [6.45, 7) is -1.50. The van der Waals surface area contributed by atoms with Crippen LogP contribution in [0, 0.1) is 0 Å². The molecule has 0 aliphatic carbocycles. The van der Waals surface area contributed by atoms with Crippen molar-refractivity contribution in [2.45, 2.75) is 31.0 Å². The van der Waals surface area contributed by atoms with Crippen LogP contribution in [0.3, 0.4) is 0 Å². The van der Waals surface area contributed by atoms with Crippen LogP contribution in [0.15, 0.2) is 30.3 Å². The monoisotopic (exact) mass is 424 g/mol. The normalized spacial score (nSPS) is 13.4. The van der Waals surface area contributed by atoms with Crippen molar-refractivity contribution in [2.24, 2.45) is 5.73 Å². The van der Waals surface area contributed by atoms with Gasteiger partial charge in [-0.2, -0.15) is 0 Å². The van der Waals surface area contributed by atoms with Gasteiger partial charge in [-0.05, 0) is 5.56 Å². The molecule has 0 bridgehead atoms. The van der Waals surface area contributed by atoms with E-state index in [9.17, 15) is 29.1 Å². The van der Waals surface area contributed by atoms with Crippen LogP contribution in [-0.2, 0) is 30.4 Å². The van der Waals surface area contributed by atoms with Gasteiger partial charge < -0.3 is 37.0 Å². The number of benzene rings is 1. The quantitative estimate of drug-likeness (QED) is 0.184. The van der Waals surface area contributed by atoms with Crippen LogP contribution in [-0.4, -0.2) is 76.3 Å². The van der Waals surface area contributed by atoms with Gasteiger partial charge in [0, 0.05) is 6.42 Å². The molecule has 12 nitrogen and oxygen atoms in total. The third-order valence-corrected chi connectivity index (χ3v) is 3.88. The second kappa shape index (κ2) is 12.1. The number of carbonyl (C=O) groups is 5. The Morgan fingerprint density at radius 3 is 2.00 bits per heavy atom. The zero-order valence-corrected chi connectivity index (χ0v) is 15.9. The molecule has 30 heavy (non-hydrogen) atoms. The summed E-state index contributed by atoms with van der Waals surface area (Å²) in [6.07, 6.45) is -0.664. The van der Waals surface area contributed by atoms with E-state index in [1.807, 2.05) is 0 Å². The van der Waals surface area contributed by atoms with Crippen molar-refractivity contribution in [3.8, 4) is 0 Å². The summed E-state index contributed by atoms with van der Waals surface area (Å²) in [5.74, 6) is -5.27. The van der Waals surface area contributed by atoms with Gasteiger partial charge in [-0.1, -0.05) is 30.3 Å². The Hall–Kier alpha value is -3.51. The maximum atomic E-state index is 12.5. The molecule has 0 aliphatic rings. The first-order valence-corrected chi connectivity index (χ1v) is 8.86. The van der Waals surface area contributed by atoms with Crippen molar-refractivity contribution in [3.63, 3.8) is 0 Å². The third kappa shape index (κ3) is 8.67. The molecule has 1 aromatic carbocycles. The van der Waals surface area contributed by atoms with Crippen molar-refractivity contribution in [3.05, 3.63) is 35.9 Å². The smallest absolute Gasteiger partial charge is 0.322 e. The third-order valence-electron chi connectivity index (χ3n) is 3.88. The average Bonchev–Trinajstić information content (AvgIpc) is 2.69. The Morgan fingerprint density at radius 1 is 0.867 bits per heavy atom. The number of rotatable bonds is 12. The number of amides is 3. The Kier molecular flexibility index (Phi) is 9.92. The van der Waals surface area contributed by atoms with E-state index in [2.05, 4.69) is 16.0 Å². The van der Waals surface area contributed by atoms with Crippen molar-refractivity contribution in [1.82, 2.24) is 16.0 Å². The van der Waals surface area contributed by atoms with Gasteiger partial charge in [-0.3, -0.25) is 24.0 Å². The average molecular weight is 424 g/mol. The van der Waals surface area contributed by atoms with E-state index in [0.29, 0.717) is 5.56 Å². The molecule has 8 N–H and O–H groups in total. The van der Waals surface area contributed by atoms with Crippen molar-refractivity contribution >= 4 is 29.7 Å². The molecular formula is C18H24N4O8. The molecule has 3 atom stereocenters. The number of nitrogens with one attached hydrogen (secondary N) is 3. The first kappa shape index (κ1) is 24.5. The summed E-state index contributed by atoms with van der Waals surface area (Å²) >= 11 is 0. The van der Waals surface area contributed by atoms with E-state index in [1.54, 1.807) is 30.3 Å². The van der Waals surface area contributed by atoms with Crippen LogP contribution in [0.25, 0.3) is 0 Å². The van der Waals surface area contributed by atoms with Gasteiger partial charge in [0.15, 0.2) is 0 Å². The standard InChI is InChI=1S/C18H24N4O8/c19-11(7-14(24)25)16(28)22-13(9-23)18(30)21-12(17(29)20-8-15(26)27)6-10-4-2-1-3-5-10/h1-5,11-13,23H,6-9,19H2,(H,20,29)(H,21,30)(H,22,28)(H,24,25)(H,26,27). The summed E-state index contributed by atoms with van der Waals surface area (Å²) in [5.41, 5.74) is 6.08. The first-order valence-electron chi connectivity index (χ1n) is 8.86. The molecular weight excluding hydrogens is 400 g/mol. The Labute approximate surface area is 171 Å². The molecule has 0 spiro atoms. The highest BCUT2D eigenvalue weighted by Gasteiger charge is 2.28. The molecule has 1 aromatic rings. The molecule has 12 heteroatoms. The molecule has 0 aliphatic heterocycles. The number of carbonyl (C=O) groups excluding carboxylic acids is 3. The maximum Gasteiger partial charge on any atom is 0.322 e. The second-order valence-corrected chi connectivity index (χ2v) is 6.31. The summed E-state index contributed by atoms with van der Waals surface area (Å²) < 4.78 is 0. The van der Waals surface area contributed by atoms with Crippen LogP contribution in [0.4, 0.5) is 0 Å². The molecule has 0 fully saturated rings. The van der Waals surface area contributed by atoms with Crippen LogP contribution < -0.4 is 21.7 Å². The number of nitrogens with two attached hydrogens (primary N) is 1. The van der Waals surface area contributed by atoms with E-state index in [1.165, 1.54) is 0 Å². The zero-order valence-electron chi connectivity index (χ0n) is 15.9. The Bertz CT molecular complexity index is 771. The lowest BCUT2D eigenvalue weighted by Gasteiger charge is -2.23. The van der Waals surface area contributed by atoms with E-state index in [0.717, 1.165) is 0 Å². The van der Waals surface area contributed by atoms with Crippen molar-refractivity contribution in [1.29, 1.82) is 0 Å². The lowest BCUT2D eigenvalue weighted by Crippen LogP contribution is -2.57. The van der Waals surface area contributed by atoms with Gasteiger partial charge in [0.2, 0.25) is 17.7 Å². The van der Waals surface area contributed by atoms with Gasteiger partial charge in [0.25, 0.3) is 0 Å².